The lowest BCUT2D eigenvalue weighted by atomic mass is 10.1. The van der Waals surface area contributed by atoms with E-state index in [0.29, 0.717) is 22.2 Å². The number of carboxylic acids is 1. The number of piperazine rings is 1. The Balaban J connectivity index is 1.76. The number of thioether (sulfide) groups is 1. The molecule has 2 aliphatic rings. The third kappa shape index (κ3) is 4.88. The maximum atomic E-state index is 12.7. The molecule has 3 rings (SSSR count). The van der Waals surface area contributed by atoms with E-state index >= 15 is 0 Å². The number of carbonyl (C=O) groups is 2. The predicted molar refractivity (Wildman–Crippen MR) is 113 cm³/mol. The minimum atomic E-state index is -0.864. The number of hydrogen-bond acceptors (Lipinski definition) is 6. The first-order chi connectivity index (χ1) is 13.0. The summed E-state index contributed by atoms with van der Waals surface area (Å²) in [5, 5.41) is 8.78. The number of para-hydroxylation sites is 1. The first-order valence-corrected chi connectivity index (χ1v) is 10.2. The molecule has 0 aliphatic carbocycles. The van der Waals surface area contributed by atoms with E-state index in [4.69, 9.17) is 17.3 Å². The van der Waals surface area contributed by atoms with Crippen molar-refractivity contribution in [2.45, 2.75) is 12.8 Å². The van der Waals surface area contributed by atoms with E-state index in [-0.39, 0.29) is 12.3 Å². The second-order valence-electron chi connectivity index (χ2n) is 6.68. The van der Waals surface area contributed by atoms with Crippen LogP contribution < -0.4 is 4.90 Å². The molecule has 1 aromatic carbocycles. The number of hydrogen-bond donors (Lipinski definition) is 1. The largest absolute Gasteiger partial charge is 0.481 e. The van der Waals surface area contributed by atoms with Gasteiger partial charge in [0.2, 0.25) is 0 Å². The Kier molecular flexibility index (Phi) is 6.51. The minimum absolute atomic E-state index is 0.0301. The van der Waals surface area contributed by atoms with Crippen molar-refractivity contribution in [1.29, 1.82) is 0 Å². The highest BCUT2D eigenvalue weighted by atomic mass is 32.2. The van der Waals surface area contributed by atoms with Gasteiger partial charge >= 0.3 is 5.97 Å². The molecule has 2 heterocycles. The number of carbonyl (C=O) groups excluding carboxylic acids is 1. The minimum Gasteiger partial charge on any atom is -0.481 e. The van der Waals surface area contributed by atoms with Crippen molar-refractivity contribution in [3.05, 3.63) is 34.7 Å². The summed E-state index contributed by atoms with van der Waals surface area (Å²) >= 11 is 6.61. The van der Waals surface area contributed by atoms with Crippen LogP contribution >= 0.6 is 24.0 Å². The molecule has 0 aromatic heterocycles. The predicted octanol–water partition coefficient (Wildman–Crippen LogP) is 2.50. The summed E-state index contributed by atoms with van der Waals surface area (Å²) in [4.78, 5) is 30.2. The topological polar surface area (TPSA) is 64.1 Å². The Morgan fingerprint density at radius 1 is 1.26 bits per heavy atom. The van der Waals surface area contributed by atoms with Crippen molar-refractivity contribution in [2.75, 3.05) is 44.7 Å². The Morgan fingerprint density at radius 2 is 1.96 bits per heavy atom. The smallest absolute Gasteiger partial charge is 0.303 e. The van der Waals surface area contributed by atoms with E-state index in [1.807, 2.05) is 24.3 Å². The van der Waals surface area contributed by atoms with Gasteiger partial charge in [0.15, 0.2) is 0 Å². The normalized spacial score (nSPS) is 20.0. The van der Waals surface area contributed by atoms with Crippen LogP contribution in [0.2, 0.25) is 0 Å². The van der Waals surface area contributed by atoms with Gasteiger partial charge in [-0.3, -0.25) is 14.5 Å². The highest BCUT2D eigenvalue weighted by molar-refractivity contribution is 8.26. The molecule has 27 heavy (non-hydrogen) atoms. The zero-order valence-electron chi connectivity index (χ0n) is 15.3. The highest BCUT2D eigenvalue weighted by Gasteiger charge is 2.32. The van der Waals surface area contributed by atoms with Gasteiger partial charge in [-0.15, -0.1) is 0 Å². The van der Waals surface area contributed by atoms with E-state index in [0.717, 1.165) is 37.4 Å². The average molecular weight is 406 g/mol. The molecule has 0 saturated carbocycles. The zero-order chi connectivity index (χ0) is 19.4. The number of likely N-dealkylation sites (N-methyl/N-ethyl adjacent to an activating group) is 1. The van der Waals surface area contributed by atoms with Gasteiger partial charge in [0.05, 0.1) is 4.91 Å². The van der Waals surface area contributed by atoms with Gasteiger partial charge in [-0.2, -0.15) is 0 Å². The third-order valence-electron chi connectivity index (χ3n) is 4.71. The first kappa shape index (κ1) is 19.9. The number of amides is 1. The van der Waals surface area contributed by atoms with Gasteiger partial charge in [0, 0.05) is 44.8 Å². The number of rotatable bonds is 6. The van der Waals surface area contributed by atoms with Crippen LogP contribution in [0.4, 0.5) is 5.69 Å². The van der Waals surface area contributed by atoms with Crippen LogP contribution in [0.25, 0.3) is 6.08 Å². The summed E-state index contributed by atoms with van der Waals surface area (Å²) in [7, 11) is 2.12. The number of aliphatic carboxylic acids is 1. The molecule has 2 saturated heterocycles. The summed E-state index contributed by atoms with van der Waals surface area (Å²) in [6, 6.07) is 8.09. The summed E-state index contributed by atoms with van der Waals surface area (Å²) in [6.45, 7) is 4.28. The van der Waals surface area contributed by atoms with E-state index in [1.54, 1.807) is 0 Å². The molecule has 1 N–H and O–H groups in total. The molecule has 0 unspecified atom stereocenters. The van der Waals surface area contributed by atoms with Gasteiger partial charge in [-0.1, -0.05) is 42.2 Å². The van der Waals surface area contributed by atoms with Crippen molar-refractivity contribution in [3.63, 3.8) is 0 Å². The van der Waals surface area contributed by atoms with Crippen molar-refractivity contribution in [1.82, 2.24) is 9.80 Å². The summed E-state index contributed by atoms with van der Waals surface area (Å²) in [5.74, 6) is -0.999. The molecular formula is C19H23N3O3S2. The Bertz CT molecular complexity index is 773. The Morgan fingerprint density at radius 3 is 2.67 bits per heavy atom. The molecule has 0 spiro atoms. The molecule has 2 aliphatic heterocycles. The number of thiocarbonyl (C=S) groups is 1. The number of carboxylic acid groups (broad SMARTS) is 1. The Labute approximate surface area is 168 Å². The van der Waals surface area contributed by atoms with Crippen LogP contribution in [0, 0.1) is 0 Å². The maximum Gasteiger partial charge on any atom is 0.303 e. The van der Waals surface area contributed by atoms with E-state index in [1.165, 1.54) is 16.7 Å². The second-order valence-corrected chi connectivity index (χ2v) is 8.36. The average Bonchev–Trinajstić information content (AvgIpc) is 2.90. The second kappa shape index (κ2) is 8.86. The molecule has 1 amide bonds. The molecule has 0 atom stereocenters. The molecule has 0 bridgehead atoms. The van der Waals surface area contributed by atoms with Crippen molar-refractivity contribution in [3.8, 4) is 0 Å². The molecule has 8 heteroatoms. The van der Waals surface area contributed by atoms with Crippen LogP contribution in [0.5, 0.6) is 0 Å². The van der Waals surface area contributed by atoms with Crippen LogP contribution in [-0.2, 0) is 9.59 Å². The molecule has 1 aromatic rings. The first-order valence-electron chi connectivity index (χ1n) is 8.95. The Hall–Kier alpha value is -1.90. The molecule has 0 radical (unpaired) electrons. The lowest BCUT2D eigenvalue weighted by Gasteiger charge is -2.34. The van der Waals surface area contributed by atoms with Crippen molar-refractivity contribution >= 4 is 51.9 Å². The standard InChI is InChI=1S/C19H23N3O3S2/c1-20-9-11-21(12-10-20)15-6-3-2-5-14(15)13-16-18(25)22(19(26)27-16)8-4-7-17(23)24/h2-3,5-6,13H,4,7-12H2,1H3,(H,23,24)/b16-13-. The van der Waals surface area contributed by atoms with E-state index in [9.17, 15) is 9.59 Å². The number of anilines is 1. The van der Waals surface area contributed by atoms with Gasteiger partial charge in [-0.25, -0.2) is 0 Å². The van der Waals surface area contributed by atoms with Gasteiger partial charge in [-0.05, 0) is 31.2 Å². The third-order valence-corrected chi connectivity index (χ3v) is 6.09. The fourth-order valence-electron chi connectivity index (χ4n) is 3.17. The fourth-order valence-corrected chi connectivity index (χ4v) is 4.47. The van der Waals surface area contributed by atoms with Crippen LogP contribution in [0.15, 0.2) is 29.2 Å². The summed E-state index contributed by atoms with van der Waals surface area (Å²) < 4.78 is 0.494. The van der Waals surface area contributed by atoms with Crippen molar-refractivity contribution < 1.29 is 14.7 Å². The van der Waals surface area contributed by atoms with Crippen LogP contribution in [-0.4, -0.2) is 70.9 Å². The quantitative estimate of drug-likeness (QED) is 0.576. The van der Waals surface area contributed by atoms with Gasteiger partial charge in [0.1, 0.15) is 4.32 Å². The number of nitrogens with zero attached hydrogens (tertiary/aromatic N) is 3. The summed E-state index contributed by atoms with van der Waals surface area (Å²) in [6.07, 6.45) is 2.33. The van der Waals surface area contributed by atoms with Gasteiger partial charge in [0.25, 0.3) is 5.91 Å². The lowest BCUT2D eigenvalue weighted by Crippen LogP contribution is -2.44. The highest BCUT2D eigenvalue weighted by Crippen LogP contribution is 2.34. The van der Waals surface area contributed by atoms with E-state index < -0.39 is 5.97 Å². The van der Waals surface area contributed by atoms with E-state index in [2.05, 4.69) is 22.9 Å². The van der Waals surface area contributed by atoms with Crippen molar-refractivity contribution in [2.24, 2.45) is 0 Å². The van der Waals surface area contributed by atoms with Crippen LogP contribution in [0.1, 0.15) is 18.4 Å². The fraction of sp³-hybridized carbons (Fsp3) is 0.421. The zero-order valence-corrected chi connectivity index (χ0v) is 16.9. The molecule has 144 valence electrons. The van der Waals surface area contributed by atoms with Crippen LogP contribution in [0.3, 0.4) is 0 Å². The SMILES string of the molecule is CN1CCN(c2ccccc2/C=C2\SC(=S)N(CCCC(=O)O)C2=O)CC1. The lowest BCUT2D eigenvalue weighted by molar-refractivity contribution is -0.137. The molecule has 6 nitrogen and oxygen atoms in total. The maximum absolute atomic E-state index is 12.7. The van der Waals surface area contributed by atoms with Gasteiger partial charge < -0.3 is 14.9 Å². The summed E-state index contributed by atoms with van der Waals surface area (Å²) in [5.41, 5.74) is 2.13. The monoisotopic (exact) mass is 405 g/mol. The molecular weight excluding hydrogens is 382 g/mol. The number of benzene rings is 1. The molecule has 2 fully saturated rings.